The Labute approximate surface area is 114 Å². The van der Waals surface area contributed by atoms with Crippen molar-refractivity contribution in [2.45, 2.75) is 25.9 Å². The van der Waals surface area contributed by atoms with Crippen LogP contribution in [0.3, 0.4) is 0 Å². The van der Waals surface area contributed by atoms with Gasteiger partial charge >= 0.3 is 0 Å². The molecular formula is C14H22N4O. The first-order valence-electron chi connectivity index (χ1n) is 6.68. The van der Waals surface area contributed by atoms with E-state index in [0.29, 0.717) is 23.5 Å². The second-order valence-corrected chi connectivity index (χ2v) is 5.22. The van der Waals surface area contributed by atoms with Gasteiger partial charge in [-0.25, -0.2) is 4.98 Å². The van der Waals surface area contributed by atoms with E-state index in [9.17, 15) is 4.79 Å². The number of anilines is 1. The molecule has 2 unspecified atom stereocenters. The second kappa shape index (κ2) is 5.57. The van der Waals surface area contributed by atoms with Gasteiger partial charge in [-0.1, -0.05) is 0 Å². The molecule has 1 aliphatic heterocycles. The topological polar surface area (TPSA) is 48.5 Å². The fourth-order valence-corrected chi connectivity index (χ4v) is 2.52. The van der Waals surface area contributed by atoms with Gasteiger partial charge in [-0.2, -0.15) is 0 Å². The van der Waals surface area contributed by atoms with Crippen LogP contribution in [0, 0.1) is 0 Å². The van der Waals surface area contributed by atoms with Crippen LogP contribution in [0.15, 0.2) is 18.3 Å². The highest BCUT2D eigenvalue weighted by atomic mass is 16.2. The van der Waals surface area contributed by atoms with Crippen LogP contribution >= 0.6 is 0 Å². The Morgan fingerprint density at radius 1 is 1.37 bits per heavy atom. The van der Waals surface area contributed by atoms with Gasteiger partial charge in [0.05, 0.1) is 5.56 Å². The number of nitrogens with zero attached hydrogens (tertiary/aromatic N) is 3. The summed E-state index contributed by atoms with van der Waals surface area (Å²) in [5.41, 5.74) is 0.647. The quantitative estimate of drug-likeness (QED) is 0.872. The number of pyridine rings is 1. The summed E-state index contributed by atoms with van der Waals surface area (Å²) < 4.78 is 0. The molecule has 1 amide bonds. The van der Waals surface area contributed by atoms with E-state index in [0.717, 1.165) is 13.1 Å². The van der Waals surface area contributed by atoms with E-state index >= 15 is 0 Å². The van der Waals surface area contributed by atoms with Gasteiger partial charge in [0.2, 0.25) is 0 Å². The molecule has 5 heteroatoms. The van der Waals surface area contributed by atoms with Crippen LogP contribution in [0.25, 0.3) is 0 Å². The van der Waals surface area contributed by atoms with E-state index in [4.69, 9.17) is 0 Å². The molecule has 1 aliphatic rings. The first kappa shape index (κ1) is 13.8. The predicted octanol–water partition coefficient (Wildman–Crippen LogP) is 1.29. The highest BCUT2D eigenvalue weighted by Gasteiger charge is 2.30. The molecule has 5 nitrogen and oxygen atoms in total. The summed E-state index contributed by atoms with van der Waals surface area (Å²) in [6.45, 7) is 5.83. The van der Waals surface area contributed by atoms with Gasteiger partial charge in [0, 0.05) is 38.4 Å². The first-order valence-corrected chi connectivity index (χ1v) is 6.68. The Hall–Kier alpha value is -1.62. The average Bonchev–Trinajstić information content (AvgIpc) is 2.43. The predicted molar refractivity (Wildman–Crippen MR) is 76.4 cm³/mol. The molecule has 0 aromatic carbocycles. The third kappa shape index (κ3) is 2.71. The molecule has 2 heterocycles. The maximum atomic E-state index is 12.6. The molecule has 1 aromatic rings. The largest absolute Gasteiger partial charge is 0.372 e. The van der Waals surface area contributed by atoms with Gasteiger partial charge in [-0.3, -0.25) is 9.69 Å². The smallest absolute Gasteiger partial charge is 0.257 e. The van der Waals surface area contributed by atoms with Crippen molar-refractivity contribution >= 4 is 11.7 Å². The Kier molecular flexibility index (Phi) is 4.04. The van der Waals surface area contributed by atoms with Gasteiger partial charge in [0.25, 0.3) is 5.91 Å². The van der Waals surface area contributed by atoms with Crippen molar-refractivity contribution < 1.29 is 4.79 Å². The molecule has 19 heavy (non-hydrogen) atoms. The van der Waals surface area contributed by atoms with Crippen molar-refractivity contribution in [1.29, 1.82) is 0 Å². The minimum absolute atomic E-state index is 0.0595. The number of amides is 1. The van der Waals surface area contributed by atoms with Crippen molar-refractivity contribution in [2.75, 3.05) is 32.5 Å². The number of hydrogen-bond donors (Lipinski definition) is 1. The average molecular weight is 262 g/mol. The van der Waals surface area contributed by atoms with E-state index in [2.05, 4.69) is 36.1 Å². The monoisotopic (exact) mass is 262 g/mol. The molecule has 1 fully saturated rings. The summed E-state index contributed by atoms with van der Waals surface area (Å²) in [5, 5.41) is 2.98. The highest BCUT2D eigenvalue weighted by Crippen LogP contribution is 2.19. The molecule has 1 saturated heterocycles. The van der Waals surface area contributed by atoms with Gasteiger partial charge in [0.15, 0.2) is 0 Å². The van der Waals surface area contributed by atoms with Crippen molar-refractivity contribution in [1.82, 2.24) is 14.8 Å². The van der Waals surface area contributed by atoms with Crippen LogP contribution in [-0.2, 0) is 0 Å². The third-order valence-corrected chi connectivity index (χ3v) is 3.92. The number of carbonyl (C=O) groups is 1. The minimum Gasteiger partial charge on any atom is -0.372 e. The standard InChI is InChI=1S/C14H22N4O/c1-10-8-18(9-11(2)17(10)4)14(19)12-6-5-7-16-13(12)15-3/h5-7,10-11H,8-9H2,1-4H3,(H,15,16). The fourth-order valence-electron chi connectivity index (χ4n) is 2.52. The normalized spacial score (nSPS) is 24.3. The van der Waals surface area contributed by atoms with Crippen LogP contribution in [0.4, 0.5) is 5.82 Å². The van der Waals surface area contributed by atoms with Gasteiger partial charge in [0.1, 0.15) is 5.82 Å². The molecule has 0 saturated carbocycles. The zero-order valence-electron chi connectivity index (χ0n) is 12.1. The number of rotatable bonds is 2. The summed E-state index contributed by atoms with van der Waals surface area (Å²) in [7, 11) is 3.90. The maximum absolute atomic E-state index is 12.6. The number of likely N-dealkylation sites (N-methyl/N-ethyl adjacent to an activating group) is 1. The zero-order valence-corrected chi connectivity index (χ0v) is 12.1. The molecule has 2 rings (SSSR count). The lowest BCUT2D eigenvalue weighted by atomic mass is 10.1. The first-order chi connectivity index (χ1) is 9.04. The van der Waals surface area contributed by atoms with Gasteiger partial charge < -0.3 is 10.2 Å². The number of carbonyl (C=O) groups excluding carboxylic acids is 1. The van der Waals surface area contributed by atoms with Crippen LogP contribution in [0.5, 0.6) is 0 Å². The molecule has 2 atom stereocenters. The summed E-state index contributed by atoms with van der Waals surface area (Å²) in [6, 6.07) is 4.39. The maximum Gasteiger partial charge on any atom is 0.257 e. The van der Waals surface area contributed by atoms with Crippen molar-refractivity contribution in [3.63, 3.8) is 0 Å². The number of hydrogen-bond acceptors (Lipinski definition) is 4. The lowest BCUT2D eigenvalue weighted by Gasteiger charge is -2.42. The molecule has 0 bridgehead atoms. The van der Waals surface area contributed by atoms with E-state index in [-0.39, 0.29) is 5.91 Å². The highest BCUT2D eigenvalue weighted by molar-refractivity contribution is 5.98. The molecule has 0 radical (unpaired) electrons. The Morgan fingerprint density at radius 2 is 2.00 bits per heavy atom. The van der Waals surface area contributed by atoms with Crippen molar-refractivity contribution in [2.24, 2.45) is 0 Å². The number of nitrogens with one attached hydrogen (secondary N) is 1. The molecule has 0 aliphatic carbocycles. The molecule has 0 spiro atoms. The molecule has 1 N–H and O–H groups in total. The lowest BCUT2D eigenvalue weighted by Crippen LogP contribution is -2.56. The Morgan fingerprint density at radius 3 is 2.58 bits per heavy atom. The van der Waals surface area contributed by atoms with Crippen molar-refractivity contribution in [3.8, 4) is 0 Å². The summed E-state index contributed by atoms with van der Waals surface area (Å²) in [6.07, 6.45) is 1.69. The summed E-state index contributed by atoms with van der Waals surface area (Å²) in [5.74, 6) is 0.705. The van der Waals surface area contributed by atoms with E-state index in [1.807, 2.05) is 11.0 Å². The summed E-state index contributed by atoms with van der Waals surface area (Å²) in [4.78, 5) is 21.0. The van der Waals surface area contributed by atoms with E-state index in [1.165, 1.54) is 0 Å². The zero-order chi connectivity index (χ0) is 14.0. The van der Waals surface area contributed by atoms with Gasteiger partial charge in [-0.15, -0.1) is 0 Å². The number of piperazine rings is 1. The SMILES string of the molecule is CNc1ncccc1C(=O)N1CC(C)N(C)C(C)C1. The van der Waals surface area contributed by atoms with Crippen LogP contribution < -0.4 is 5.32 Å². The van der Waals surface area contributed by atoms with Crippen molar-refractivity contribution in [3.05, 3.63) is 23.9 Å². The molecule has 1 aromatic heterocycles. The molecule has 104 valence electrons. The second-order valence-electron chi connectivity index (χ2n) is 5.22. The molecular weight excluding hydrogens is 240 g/mol. The van der Waals surface area contributed by atoms with E-state index < -0.39 is 0 Å². The Bertz CT molecular complexity index is 451. The number of aromatic nitrogens is 1. The van der Waals surface area contributed by atoms with Crippen LogP contribution in [0.2, 0.25) is 0 Å². The fraction of sp³-hybridized carbons (Fsp3) is 0.571. The van der Waals surface area contributed by atoms with Crippen LogP contribution in [-0.4, -0.2) is 60.0 Å². The minimum atomic E-state index is 0.0595. The van der Waals surface area contributed by atoms with Gasteiger partial charge in [-0.05, 0) is 33.0 Å². The lowest BCUT2D eigenvalue weighted by molar-refractivity contribution is 0.0415. The van der Waals surface area contributed by atoms with E-state index in [1.54, 1.807) is 19.3 Å². The Balaban J connectivity index is 2.20. The summed E-state index contributed by atoms with van der Waals surface area (Å²) >= 11 is 0. The van der Waals surface area contributed by atoms with Crippen LogP contribution in [0.1, 0.15) is 24.2 Å². The third-order valence-electron chi connectivity index (χ3n) is 3.92.